The summed E-state index contributed by atoms with van der Waals surface area (Å²) in [5.41, 5.74) is 19.1. The zero-order valence-electron chi connectivity index (χ0n) is 34.5. The summed E-state index contributed by atoms with van der Waals surface area (Å²) in [6, 6.07) is 89.6. The van der Waals surface area contributed by atoms with Gasteiger partial charge in [-0.15, -0.1) is 0 Å². The van der Waals surface area contributed by atoms with Crippen LogP contribution in [0.1, 0.15) is 22.3 Å². The molecular formula is C61H40N2. The zero-order chi connectivity index (χ0) is 41.5. The lowest BCUT2D eigenvalue weighted by atomic mass is 9.67. The summed E-state index contributed by atoms with van der Waals surface area (Å²) in [4.78, 5) is 0. The summed E-state index contributed by atoms with van der Waals surface area (Å²) in [7, 11) is 0. The Morgan fingerprint density at radius 3 is 1.43 bits per heavy atom. The van der Waals surface area contributed by atoms with Crippen molar-refractivity contribution in [3.8, 4) is 44.8 Å². The Morgan fingerprint density at radius 1 is 0.270 bits per heavy atom. The Balaban J connectivity index is 1.06. The third-order valence-electron chi connectivity index (χ3n) is 13.6. The molecule has 12 aromatic rings. The highest BCUT2D eigenvalue weighted by molar-refractivity contribution is 6.13. The van der Waals surface area contributed by atoms with Crippen LogP contribution < -0.4 is 0 Å². The molecule has 0 unspecified atom stereocenters. The zero-order valence-corrected chi connectivity index (χ0v) is 34.5. The molecular weight excluding hydrogens is 761 g/mol. The van der Waals surface area contributed by atoms with Crippen molar-refractivity contribution in [3.05, 3.63) is 265 Å². The number of para-hydroxylation sites is 3. The quantitative estimate of drug-likeness (QED) is 0.159. The SMILES string of the molecule is c1ccc(-c2ccc3c(c2)c2cc(-c4ccc5c6ccccc6n(-c6ccccc6C6(c7ccccc7)c7ccccc7-c7ccccc76)c5c4)ccc2n3-c2ccccc2)cc1. The normalized spacial score (nSPS) is 12.9. The highest BCUT2D eigenvalue weighted by atomic mass is 15.0. The molecule has 0 N–H and O–H groups in total. The first kappa shape index (κ1) is 35.5. The molecule has 0 aliphatic heterocycles. The van der Waals surface area contributed by atoms with Gasteiger partial charge in [-0.05, 0) is 110 Å². The van der Waals surface area contributed by atoms with Gasteiger partial charge < -0.3 is 9.13 Å². The van der Waals surface area contributed by atoms with Gasteiger partial charge in [-0.1, -0.05) is 188 Å². The average molecular weight is 801 g/mol. The van der Waals surface area contributed by atoms with Crippen molar-refractivity contribution in [1.82, 2.24) is 9.13 Å². The maximum atomic E-state index is 2.53. The van der Waals surface area contributed by atoms with Crippen molar-refractivity contribution in [2.75, 3.05) is 0 Å². The number of rotatable bonds is 6. The molecule has 2 aromatic heterocycles. The molecule has 0 amide bonds. The molecule has 1 aliphatic carbocycles. The molecule has 63 heavy (non-hydrogen) atoms. The molecule has 10 aromatic carbocycles. The first-order valence-electron chi connectivity index (χ1n) is 21.8. The minimum Gasteiger partial charge on any atom is -0.309 e. The topological polar surface area (TPSA) is 9.86 Å². The van der Waals surface area contributed by atoms with Gasteiger partial charge in [0, 0.05) is 27.2 Å². The van der Waals surface area contributed by atoms with E-state index in [9.17, 15) is 0 Å². The van der Waals surface area contributed by atoms with Crippen LogP contribution in [0.15, 0.2) is 243 Å². The van der Waals surface area contributed by atoms with Gasteiger partial charge in [0.25, 0.3) is 0 Å². The maximum Gasteiger partial charge on any atom is 0.0733 e. The lowest BCUT2D eigenvalue weighted by Gasteiger charge is -2.35. The van der Waals surface area contributed by atoms with Crippen LogP contribution >= 0.6 is 0 Å². The van der Waals surface area contributed by atoms with Crippen LogP contribution in [0.5, 0.6) is 0 Å². The van der Waals surface area contributed by atoms with E-state index in [0.29, 0.717) is 0 Å². The fourth-order valence-corrected chi connectivity index (χ4v) is 10.9. The van der Waals surface area contributed by atoms with E-state index in [1.807, 2.05) is 0 Å². The smallest absolute Gasteiger partial charge is 0.0733 e. The van der Waals surface area contributed by atoms with Gasteiger partial charge in [0.1, 0.15) is 0 Å². The van der Waals surface area contributed by atoms with Crippen LogP contribution in [-0.2, 0) is 5.41 Å². The van der Waals surface area contributed by atoms with Crippen LogP contribution in [0.4, 0.5) is 0 Å². The molecule has 13 rings (SSSR count). The molecule has 0 radical (unpaired) electrons. The van der Waals surface area contributed by atoms with E-state index in [4.69, 9.17) is 0 Å². The first-order chi connectivity index (χ1) is 31.3. The van der Waals surface area contributed by atoms with Crippen LogP contribution in [0.2, 0.25) is 0 Å². The van der Waals surface area contributed by atoms with Gasteiger partial charge in [0.15, 0.2) is 0 Å². The summed E-state index contributed by atoms with van der Waals surface area (Å²) in [5, 5.41) is 4.95. The van der Waals surface area contributed by atoms with E-state index in [-0.39, 0.29) is 0 Å². The summed E-state index contributed by atoms with van der Waals surface area (Å²) in [5.74, 6) is 0. The standard InChI is InChI=1S/C61H40N2/c1-4-18-41(19-5-1)42-33-36-57-51(38-42)52-39-43(34-37-58(52)62(57)46-22-8-3-9-23-46)44-32-35-50-49-26-12-16-30-56(49)63(60(50)40-44)59-31-17-15-29-55(59)61(45-20-6-2-7-21-45)53-27-13-10-24-47(53)48-25-11-14-28-54(48)61/h1-40H. The van der Waals surface area contributed by atoms with E-state index in [0.717, 1.165) is 5.69 Å². The van der Waals surface area contributed by atoms with Crippen molar-refractivity contribution in [1.29, 1.82) is 0 Å². The predicted molar refractivity (Wildman–Crippen MR) is 263 cm³/mol. The van der Waals surface area contributed by atoms with Crippen molar-refractivity contribution < 1.29 is 0 Å². The Kier molecular flexibility index (Phi) is 7.85. The van der Waals surface area contributed by atoms with Crippen molar-refractivity contribution in [2.24, 2.45) is 0 Å². The van der Waals surface area contributed by atoms with Gasteiger partial charge >= 0.3 is 0 Å². The van der Waals surface area contributed by atoms with E-state index in [2.05, 4.69) is 252 Å². The van der Waals surface area contributed by atoms with Crippen LogP contribution in [0.25, 0.3) is 88.4 Å². The number of nitrogens with zero attached hydrogens (tertiary/aromatic N) is 2. The molecule has 0 saturated carbocycles. The predicted octanol–water partition coefficient (Wildman–Crippen LogP) is 15.6. The summed E-state index contributed by atoms with van der Waals surface area (Å²) < 4.78 is 4.94. The van der Waals surface area contributed by atoms with Crippen LogP contribution in [-0.4, -0.2) is 9.13 Å². The summed E-state index contributed by atoms with van der Waals surface area (Å²) in [6.07, 6.45) is 0. The molecule has 0 spiro atoms. The molecule has 0 fully saturated rings. The Morgan fingerprint density at radius 2 is 0.746 bits per heavy atom. The van der Waals surface area contributed by atoms with Gasteiger partial charge in [0.2, 0.25) is 0 Å². The summed E-state index contributed by atoms with van der Waals surface area (Å²) >= 11 is 0. The van der Waals surface area contributed by atoms with E-state index < -0.39 is 5.41 Å². The molecule has 0 bridgehead atoms. The first-order valence-corrected chi connectivity index (χ1v) is 21.8. The third-order valence-corrected chi connectivity index (χ3v) is 13.6. The number of benzene rings is 10. The second-order valence-electron chi connectivity index (χ2n) is 16.8. The van der Waals surface area contributed by atoms with Gasteiger partial charge in [-0.3, -0.25) is 0 Å². The second-order valence-corrected chi connectivity index (χ2v) is 16.8. The minimum atomic E-state index is -0.545. The minimum absolute atomic E-state index is 0.545. The molecule has 2 heterocycles. The molecule has 0 atom stereocenters. The molecule has 0 saturated heterocycles. The van der Waals surface area contributed by atoms with Crippen LogP contribution in [0, 0.1) is 0 Å². The number of hydrogen-bond donors (Lipinski definition) is 0. The summed E-state index contributed by atoms with van der Waals surface area (Å²) in [6.45, 7) is 0. The Hall–Kier alpha value is -8.20. The fourth-order valence-electron chi connectivity index (χ4n) is 10.9. The molecule has 1 aliphatic rings. The highest BCUT2D eigenvalue weighted by Gasteiger charge is 2.47. The molecule has 294 valence electrons. The van der Waals surface area contributed by atoms with Crippen LogP contribution in [0.3, 0.4) is 0 Å². The maximum absolute atomic E-state index is 2.53. The van der Waals surface area contributed by atoms with E-state index >= 15 is 0 Å². The second kappa shape index (κ2) is 13.9. The van der Waals surface area contributed by atoms with Crippen molar-refractivity contribution in [3.63, 3.8) is 0 Å². The lowest BCUT2D eigenvalue weighted by molar-refractivity contribution is 0.761. The average Bonchev–Trinajstić information content (AvgIpc) is 3.98. The van der Waals surface area contributed by atoms with Crippen molar-refractivity contribution in [2.45, 2.75) is 5.41 Å². The highest BCUT2D eigenvalue weighted by Crippen LogP contribution is 2.57. The molecule has 2 heteroatoms. The molecule has 2 nitrogen and oxygen atoms in total. The number of aromatic nitrogens is 2. The third kappa shape index (κ3) is 5.19. The Labute approximate surface area is 366 Å². The van der Waals surface area contributed by atoms with E-state index in [1.165, 1.54) is 105 Å². The van der Waals surface area contributed by atoms with Gasteiger partial charge in [-0.2, -0.15) is 0 Å². The largest absolute Gasteiger partial charge is 0.309 e. The Bertz CT molecular complexity index is 3680. The number of hydrogen-bond acceptors (Lipinski definition) is 0. The monoisotopic (exact) mass is 800 g/mol. The van der Waals surface area contributed by atoms with Gasteiger partial charge in [0.05, 0.1) is 33.2 Å². The van der Waals surface area contributed by atoms with E-state index in [1.54, 1.807) is 0 Å². The van der Waals surface area contributed by atoms with Crippen molar-refractivity contribution >= 4 is 43.6 Å². The van der Waals surface area contributed by atoms with Gasteiger partial charge in [-0.25, -0.2) is 0 Å². The number of fused-ring (bicyclic) bond motifs is 9. The lowest BCUT2D eigenvalue weighted by Crippen LogP contribution is -2.30. The fraction of sp³-hybridized carbons (Fsp3) is 0.0164.